The molecule has 4 rings (SSSR count). The number of primary amides is 1. The van der Waals surface area contributed by atoms with E-state index in [0.29, 0.717) is 13.1 Å². The largest absolute Gasteiger partial charge is 0.491 e. The molecule has 1 aliphatic rings. The molecule has 7 heteroatoms. The maximum Gasteiger partial charge on any atom is 0.231 e. The molecule has 3 N–H and O–H groups in total. The minimum Gasteiger partial charge on any atom is -0.491 e. The van der Waals surface area contributed by atoms with Crippen LogP contribution in [-0.4, -0.2) is 77.8 Å². The van der Waals surface area contributed by atoms with Gasteiger partial charge in [0.2, 0.25) is 5.91 Å². The topological polar surface area (TPSA) is 91.9 Å². The molecule has 1 atom stereocenters. The highest BCUT2D eigenvalue weighted by molar-refractivity contribution is 5.97. The van der Waals surface area contributed by atoms with Crippen LogP contribution in [0.15, 0.2) is 60.9 Å². The van der Waals surface area contributed by atoms with Crippen LogP contribution in [0.3, 0.4) is 0 Å². The zero-order valence-electron chi connectivity index (χ0n) is 17.5. The van der Waals surface area contributed by atoms with Crippen molar-refractivity contribution in [3.8, 4) is 16.9 Å². The molecule has 7 nitrogen and oxygen atoms in total. The van der Waals surface area contributed by atoms with Gasteiger partial charge in [-0.05, 0) is 46.2 Å². The van der Waals surface area contributed by atoms with Crippen molar-refractivity contribution in [2.75, 3.05) is 45.9 Å². The minimum absolute atomic E-state index is 0.218. The molecule has 3 aromatic rings. The molecular weight excluding hydrogens is 392 g/mol. The number of aliphatic hydroxyl groups excluding tert-OH is 1. The van der Waals surface area contributed by atoms with Crippen molar-refractivity contribution in [3.05, 3.63) is 60.9 Å². The van der Waals surface area contributed by atoms with Crippen molar-refractivity contribution >= 4 is 16.7 Å². The van der Waals surface area contributed by atoms with E-state index < -0.39 is 6.10 Å². The number of hydrogen-bond acceptors (Lipinski definition) is 6. The van der Waals surface area contributed by atoms with Crippen LogP contribution >= 0.6 is 0 Å². The molecule has 0 radical (unpaired) electrons. The van der Waals surface area contributed by atoms with E-state index in [0.717, 1.165) is 53.8 Å². The molecule has 0 spiro atoms. The molecule has 0 bridgehead atoms. The average Bonchev–Trinajstić information content (AvgIpc) is 2.79. The van der Waals surface area contributed by atoms with Gasteiger partial charge in [0.25, 0.3) is 0 Å². The Balaban J connectivity index is 1.38. The lowest BCUT2D eigenvalue weighted by atomic mass is 9.98. The predicted octanol–water partition coefficient (Wildman–Crippen LogP) is 1.74. The first-order valence-electron chi connectivity index (χ1n) is 10.6. The number of ether oxygens (including phenoxy) is 1. The highest BCUT2D eigenvalue weighted by atomic mass is 16.5. The van der Waals surface area contributed by atoms with Crippen molar-refractivity contribution in [2.45, 2.75) is 6.10 Å². The van der Waals surface area contributed by atoms with E-state index in [4.69, 9.17) is 10.5 Å². The molecule has 1 unspecified atom stereocenters. The Morgan fingerprint density at radius 1 is 1.06 bits per heavy atom. The van der Waals surface area contributed by atoms with Crippen LogP contribution in [0.2, 0.25) is 0 Å². The molecule has 162 valence electrons. The molecule has 2 heterocycles. The second-order valence-electron chi connectivity index (χ2n) is 7.94. The number of carbonyl (C=O) groups excluding carboxylic acids is 1. The number of nitrogens with zero attached hydrogens (tertiary/aromatic N) is 3. The first-order valence-corrected chi connectivity index (χ1v) is 10.6. The third-order valence-electron chi connectivity index (χ3n) is 5.58. The number of hydrogen-bond donors (Lipinski definition) is 2. The monoisotopic (exact) mass is 420 g/mol. The molecule has 2 aromatic carbocycles. The molecule has 0 aliphatic carbocycles. The van der Waals surface area contributed by atoms with Gasteiger partial charge in [-0.15, -0.1) is 0 Å². The first-order chi connectivity index (χ1) is 15.1. The van der Waals surface area contributed by atoms with E-state index in [-0.39, 0.29) is 12.5 Å². The number of rotatable bonds is 8. The Bertz CT molecular complexity index is 1020. The predicted molar refractivity (Wildman–Crippen MR) is 121 cm³/mol. The van der Waals surface area contributed by atoms with E-state index in [2.05, 4.69) is 22.0 Å². The highest BCUT2D eigenvalue weighted by Gasteiger charge is 2.20. The summed E-state index contributed by atoms with van der Waals surface area (Å²) in [5.74, 6) is 0.430. The third-order valence-corrected chi connectivity index (χ3v) is 5.58. The Morgan fingerprint density at radius 3 is 2.52 bits per heavy atom. The van der Waals surface area contributed by atoms with Crippen LogP contribution in [-0.2, 0) is 4.79 Å². The fourth-order valence-electron chi connectivity index (χ4n) is 4.03. The second kappa shape index (κ2) is 9.87. The maximum atomic E-state index is 11.1. The Morgan fingerprint density at radius 2 is 1.77 bits per heavy atom. The number of β-amino-alcohol motifs (C(OH)–C–C–N with tert-alkyl or cyclic N) is 1. The van der Waals surface area contributed by atoms with Gasteiger partial charge in [0.15, 0.2) is 0 Å². The number of benzene rings is 2. The van der Waals surface area contributed by atoms with Gasteiger partial charge in [-0.1, -0.05) is 24.3 Å². The average molecular weight is 421 g/mol. The van der Waals surface area contributed by atoms with Gasteiger partial charge in [-0.2, -0.15) is 0 Å². The number of piperazine rings is 1. The summed E-state index contributed by atoms with van der Waals surface area (Å²) in [7, 11) is 0. The summed E-state index contributed by atoms with van der Waals surface area (Å²) in [6, 6.07) is 16.2. The Hall–Kier alpha value is -3.00. The quantitative estimate of drug-likeness (QED) is 0.577. The van der Waals surface area contributed by atoms with Crippen LogP contribution in [0.1, 0.15) is 0 Å². The van der Waals surface area contributed by atoms with Crippen LogP contribution < -0.4 is 10.5 Å². The van der Waals surface area contributed by atoms with Gasteiger partial charge in [-0.25, -0.2) is 0 Å². The number of aromatic nitrogens is 1. The van der Waals surface area contributed by atoms with E-state index in [1.807, 2.05) is 41.3 Å². The number of nitrogens with two attached hydrogens (primary N) is 1. The van der Waals surface area contributed by atoms with Gasteiger partial charge >= 0.3 is 0 Å². The molecule has 31 heavy (non-hydrogen) atoms. The Labute approximate surface area is 182 Å². The van der Waals surface area contributed by atoms with Crippen molar-refractivity contribution in [1.82, 2.24) is 14.8 Å². The van der Waals surface area contributed by atoms with Gasteiger partial charge in [0, 0.05) is 45.1 Å². The smallest absolute Gasteiger partial charge is 0.231 e. The number of pyridine rings is 1. The van der Waals surface area contributed by atoms with Crippen molar-refractivity contribution in [2.24, 2.45) is 5.73 Å². The summed E-state index contributed by atoms with van der Waals surface area (Å²) >= 11 is 0. The molecule has 1 saturated heterocycles. The zero-order chi connectivity index (χ0) is 21.6. The van der Waals surface area contributed by atoms with Crippen LogP contribution in [0.4, 0.5) is 0 Å². The van der Waals surface area contributed by atoms with E-state index in [1.165, 1.54) is 0 Å². The van der Waals surface area contributed by atoms with Crippen molar-refractivity contribution < 1.29 is 14.6 Å². The molecular formula is C24H28N4O3. The summed E-state index contributed by atoms with van der Waals surface area (Å²) in [5, 5.41) is 12.7. The number of fused-ring (bicyclic) bond motifs is 1. The fraction of sp³-hybridized carbons (Fsp3) is 0.333. The summed E-state index contributed by atoms with van der Waals surface area (Å²) in [4.78, 5) is 19.4. The van der Waals surface area contributed by atoms with Gasteiger partial charge < -0.3 is 15.6 Å². The van der Waals surface area contributed by atoms with E-state index >= 15 is 0 Å². The summed E-state index contributed by atoms with van der Waals surface area (Å²) in [6.07, 6.45) is 2.97. The molecule has 0 saturated carbocycles. The first kappa shape index (κ1) is 21.2. The van der Waals surface area contributed by atoms with Crippen molar-refractivity contribution in [1.29, 1.82) is 0 Å². The van der Waals surface area contributed by atoms with E-state index in [1.54, 1.807) is 12.4 Å². The van der Waals surface area contributed by atoms with Gasteiger partial charge in [-0.3, -0.25) is 19.6 Å². The molecule has 1 fully saturated rings. The van der Waals surface area contributed by atoms with Gasteiger partial charge in [0.05, 0.1) is 6.54 Å². The summed E-state index contributed by atoms with van der Waals surface area (Å²) in [5.41, 5.74) is 7.42. The minimum atomic E-state index is -0.599. The Kier molecular flexibility index (Phi) is 6.76. The lowest BCUT2D eigenvalue weighted by Gasteiger charge is -2.34. The summed E-state index contributed by atoms with van der Waals surface area (Å²) in [6.45, 7) is 4.19. The SMILES string of the molecule is NC(=O)CN1CCN(CC(O)COc2cc(-c3ccncc3)c3ccccc3c2)CC1. The van der Waals surface area contributed by atoms with E-state index in [9.17, 15) is 9.90 Å². The number of aliphatic hydroxyl groups is 1. The zero-order valence-corrected chi connectivity index (χ0v) is 17.5. The van der Waals surface area contributed by atoms with Crippen LogP contribution in [0, 0.1) is 0 Å². The van der Waals surface area contributed by atoms with Crippen LogP contribution in [0.25, 0.3) is 21.9 Å². The maximum absolute atomic E-state index is 11.1. The molecule has 1 aliphatic heterocycles. The van der Waals surface area contributed by atoms with Crippen molar-refractivity contribution in [3.63, 3.8) is 0 Å². The van der Waals surface area contributed by atoms with Crippen LogP contribution in [0.5, 0.6) is 5.75 Å². The lowest BCUT2D eigenvalue weighted by molar-refractivity contribution is -0.119. The second-order valence-corrected chi connectivity index (χ2v) is 7.94. The highest BCUT2D eigenvalue weighted by Crippen LogP contribution is 2.32. The number of carbonyl (C=O) groups is 1. The normalized spacial score (nSPS) is 16.3. The molecule has 1 amide bonds. The fourth-order valence-corrected chi connectivity index (χ4v) is 4.03. The summed E-state index contributed by atoms with van der Waals surface area (Å²) < 4.78 is 5.99. The third kappa shape index (κ3) is 5.58. The number of amides is 1. The standard InChI is InChI=1S/C24H28N4O3/c25-24(30)16-28-11-9-27(10-12-28)15-20(29)17-31-21-13-19-3-1-2-4-22(19)23(14-21)18-5-7-26-8-6-18/h1-8,13-14,20,29H,9-12,15-17H2,(H2,25,30). The van der Waals surface area contributed by atoms with Gasteiger partial charge in [0.1, 0.15) is 18.5 Å². The molecule has 1 aromatic heterocycles. The lowest BCUT2D eigenvalue weighted by Crippen LogP contribution is -2.50.